The second-order valence-corrected chi connectivity index (χ2v) is 5.34. The lowest BCUT2D eigenvalue weighted by Gasteiger charge is -2.04. The number of nitrogens with zero attached hydrogens (tertiary/aromatic N) is 2. The number of hydrogen-bond acceptors (Lipinski definition) is 5. The maximum atomic E-state index is 12.0. The summed E-state index contributed by atoms with van der Waals surface area (Å²) in [5.74, 6) is -0.217. The van der Waals surface area contributed by atoms with Gasteiger partial charge in [-0.25, -0.2) is 0 Å². The van der Waals surface area contributed by atoms with Crippen molar-refractivity contribution in [1.29, 1.82) is 0 Å². The number of anilines is 2. The Morgan fingerprint density at radius 3 is 2.89 bits per heavy atom. The van der Waals surface area contributed by atoms with E-state index < -0.39 is 0 Å². The Morgan fingerprint density at radius 1 is 1.42 bits per heavy atom. The molecule has 1 aromatic heterocycles. The number of carbonyl (C=O) groups is 1. The van der Waals surface area contributed by atoms with E-state index in [0.717, 1.165) is 23.4 Å². The first kappa shape index (κ1) is 13.5. The van der Waals surface area contributed by atoms with Crippen LogP contribution in [0.15, 0.2) is 18.2 Å². The lowest BCUT2D eigenvalue weighted by atomic mass is 10.1. The van der Waals surface area contributed by atoms with E-state index >= 15 is 0 Å². The molecule has 0 atom stereocenters. The van der Waals surface area contributed by atoms with E-state index in [4.69, 9.17) is 5.73 Å². The number of carbonyl (C=O) groups excluding carboxylic acids is 1. The molecule has 0 spiro atoms. The van der Waals surface area contributed by atoms with Crippen LogP contribution in [0.25, 0.3) is 0 Å². The highest BCUT2D eigenvalue weighted by atomic mass is 32.1. The first-order valence-corrected chi connectivity index (χ1v) is 6.91. The van der Waals surface area contributed by atoms with E-state index in [-0.39, 0.29) is 5.91 Å². The molecule has 1 aromatic carbocycles. The fourth-order valence-electron chi connectivity index (χ4n) is 1.57. The number of aromatic nitrogens is 2. The van der Waals surface area contributed by atoms with Gasteiger partial charge in [-0.1, -0.05) is 24.3 Å². The first-order chi connectivity index (χ1) is 9.10. The molecule has 2 rings (SSSR count). The number of benzene rings is 1. The van der Waals surface area contributed by atoms with E-state index in [1.54, 1.807) is 12.1 Å². The highest BCUT2D eigenvalue weighted by Gasteiger charge is 2.10. The number of nitrogens with two attached hydrogens (primary N) is 1. The Kier molecular flexibility index (Phi) is 4.11. The summed E-state index contributed by atoms with van der Waals surface area (Å²) in [5.41, 5.74) is 7.88. The average molecular weight is 276 g/mol. The Morgan fingerprint density at radius 2 is 2.21 bits per heavy atom. The van der Waals surface area contributed by atoms with Crippen LogP contribution in [0.1, 0.15) is 34.3 Å². The van der Waals surface area contributed by atoms with Crippen LogP contribution in [0.3, 0.4) is 0 Å². The standard InChI is InChI=1S/C13H16N4OS/c1-3-4-11-16-17-13(19-11)15-12(18)9-6-5-8(2)10(14)7-9/h5-7H,3-4,14H2,1-2H3,(H,15,17,18). The van der Waals surface area contributed by atoms with Crippen LogP contribution in [0.5, 0.6) is 0 Å². The van der Waals surface area contributed by atoms with Gasteiger partial charge in [0.15, 0.2) is 0 Å². The molecule has 0 aliphatic rings. The van der Waals surface area contributed by atoms with Crippen LogP contribution in [0.4, 0.5) is 10.8 Å². The van der Waals surface area contributed by atoms with E-state index in [2.05, 4.69) is 22.4 Å². The lowest BCUT2D eigenvalue weighted by molar-refractivity contribution is 0.102. The third kappa shape index (κ3) is 3.29. The monoisotopic (exact) mass is 276 g/mol. The lowest BCUT2D eigenvalue weighted by Crippen LogP contribution is -2.12. The first-order valence-electron chi connectivity index (χ1n) is 6.10. The number of nitrogens with one attached hydrogen (secondary N) is 1. The van der Waals surface area contributed by atoms with Gasteiger partial charge in [0.2, 0.25) is 5.13 Å². The normalized spacial score (nSPS) is 10.4. The molecule has 19 heavy (non-hydrogen) atoms. The summed E-state index contributed by atoms with van der Waals surface area (Å²) in [5, 5.41) is 12.1. The maximum Gasteiger partial charge on any atom is 0.257 e. The van der Waals surface area contributed by atoms with Crippen molar-refractivity contribution in [1.82, 2.24) is 10.2 Å². The fraction of sp³-hybridized carbons (Fsp3) is 0.308. The Balaban J connectivity index is 2.09. The Bertz CT molecular complexity index is 594. The predicted molar refractivity (Wildman–Crippen MR) is 77.4 cm³/mol. The number of hydrogen-bond donors (Lipinski definition) is 2. The van der Waals surface area contributed by atoms with E-state index in [1.165, 1.54) is 11.3 Å². The predicted octanol–water partition coefficient (Wildman–Crippen LogP) is 2.63. The summed E-state index contributed by atoms with van der Waals surface area (Å²) in [6.07, 6.45) is 1.89. The van der Waals surface area contributed by atoms with Crippen molar-refractivity contribution in [3.8, 4) is 0 Å². The zero-order valence-electron chi connectivity index (χ0n) is 10.9. The van der Waals surface area contributed by atoms with Crippen LogP contribution < -0.4 is 11.1 Å². The molecule has 0 fully saturated rings. The minimum atomic E-state index is -0.217. The molecule has 0 unspecified atom stereocenters. The minimum Gasteiger partial charge on any atom is -0.398 e. The highest BCUT2D eigenvalue weighted by Crippen LogP contribution is 2.18. The van der Waals surface area contributed by atoms with Gasteiger partial charge < -0.3 is 5.73 Å². The van der Waals surface area contributed by atoms with Crippen LogP contribution >= 0.6 is 11.3 Å². The number of aryl methyl sites for hydroxylation is 2. The van der Waals surface area contributed by atoms with Crippen LogP contribution in [-0.2, 0) is 6.42 Å². The summed E-state index contributed by atoms with van der Waals surface area (Å²) in [4.78, 5) is 12.0. The number of nitrogen functional groups attached to an aromatic ring is 1. The van der Waals surface area contributed by atoms with Crippen LogP contribution in [0, 0.1) is 6.92 Å². The van der Waals surface area contributed by atoms with Crippen molar-refractivity contribution in [3.05, 3.63) is 34.3 Å². The van der Waals surface area contributed by atoms with Crippen molar-refractivity contribution < 1.29 is 4.79 Å². The second-order valence-electron chi connectivity index (χ2n) is 4.28. The largest absolute Gasteiger partial charge is 0.398 e. The van der Waals surface area contributed by atoms with E-state index in [0.29, 0.717) is 16.4 Å². The van der Waals surface area contributed by atoms with Gasteiger partial charge in [-0.2, -0.15) is 0 Å². The molecule has 0 aliphatic carbocycles. The van der Waals surface area contributed by atoms with E-state index in [9.17, 15) is 4.79 Å². The molecule has 0 aliphatic heterocycles. The summed E-state index contributed by atoms with van der Waals surface area (Å²) in [6.45, 7) is 3.98. The van der Waals surface area contributed by atoms with Gasteiger partial charge in [-0.3, -0.25) is 10.1 Å². The van der Waals surface area contributed by atoms with Crippen LogP contribution in [0.2, 0.25) is 0 Å². The molecule has 0 bridgehead atoms. The molecule has 2 aromatic rings. The molecule has 3 N–H and O–H groups in total. The quantitative estimate of drug-likeness (QED) is 0.841. The van der Waals surface area contributed by atoms with E-state index in [1.807, 2.05) is 13.0 Å². The zero-order chi connectivity index (χ0) is 13.8. The Labute approximate surface area is 115 Å². The van der Waals surface area contributed by atoms with Gasteiger partial charge in [0, 0.05) is 17.7 Å². The zero-order valence-corrected chi connectivity index (χ0v) is 11.8. The molecule has 0 saturated carbocycles. The van der Waals surface area contributed by atoms with Gasteiger partial charge in [0.05, 0.1) is 0 Å². The summed E-state index contributed by atoms with van der Waals surface area (Å²) in [6, 6.07) is 5.24. The van der Waals surface area contributed by atoms with Crippen molar-refractivity contribution in [2.75, 3.05) is 11.1 Å². The molecule has 5 nitrogen and oxygen atoms in total. The molecule has 1 amide bonds. The number of rotatable bonds is 4. The van der Waals surface area contributed by atoms with Gasteiger partial charge in [-0.05, 0) is 31.0 Å². The van der Waals surface area contributed by atoms with Crippen molar-refractivity contribution in [2.45, 2.75) is 26.7 Å². The SMILES string of the molecule is CCCc1nnc(NC(=O)c2ccc(C)c(N)c2)s1. The summed E-state index contributed by atoms with van der Waals surface area (Å²) < 4.78 is 0. The Hall–Kier alpha value is -1.95. The number of amides is 1. The molecular weight excluding hydrogens is 260 g/mol. The van der Waals surface area contributed by atoms with Crippen molar-refractivity contribution in [2.24, 2.45) is 0 Å². The molecule has 1 heterocycles. The topological polar surface area (TPSA) is 80.9 Å². The molecule has 0 radical (unpaired) electrons. The fourth-order valence-corrected chi connectivity index (χ4v) is 2.41. The molecule has 0 saturated heterocycles. The molecule has 100 valence electrons. The van der Waals surface area contributed by atoms with Crippen LogP contribution in [-0.4, -0.2) is 16.1 Å². The van der Waals surface area contributed by atoms with Gasteiger partial charge >= 0.3 is 0 Å². The average Bonchev–Trinajstić information content (AvgIpc) is 2.80. The third-order valence-corrected chi connectivity index (χ3v) is 3.59. The van der Waals surface area contributed by atoms with Crippen molar-refractivity contribution >= 4 is 28.1 Å². The summed E-state index contributed by atoms with van der Waals surface area (Å²) >= 11 is 1.40. The molecule has 6 heteroatoms. The van der Waals surface area contributed by atoms with Gasteiger partial charge in [-0.15, -0.1) is 10.2 Å². The molecular formula is C13H16N4OS. The minimum absolute atomic E-state index is 0.217. The van der Waals surface area contributed by atoms with Crippen molar-refractivity contribution in [3.63, 3.8) is 0 Å². The smallest absolute Gasteiger partial charge is 0.257 e. The van der Waals surface area contributed by atoms with Gasteiger partial charge in [0.1, 0.15) is 5.01 Å². The highest BCUT2D eigenvalue weighted by molar-refractivity contribution is 7.15. The maximum absolute atomic E-state index is 12.0. The third-order valence-electron chi connectivity index (χ3n) is 2.69. The summed E-state index contributed by atoms with van der Waals surface area (Å²) in [7, 11) is 0. The second kappa shape index (κ2) is 5.79. The van der Waals surface area contributed by atoms with Gasteiger partial charge in [0.25, 0.3) is 5.91 Å².